The van der Waals surface area contributed by atoms with Gasteiger partial charge in [-0.1, -0.05) is 121 Å². The van der Waals surface area contributed by atoms with Crippen LogP contribution in [0.15, 0.2) is 188 Å². The van der Waals surface area contributed by atoms with Gasteiger partial charge in [0.2, 0.25) is 0 Å². The van der Waals surface area contributed by atoms with Crippen LogP contribution in [0.5, 0.6) is 5.75 Å². The molecule has 0 aliphatic carbocycles. The molecule has 5 nitrogen and oxygen atoms in total. The zero-order valence-corrected chi connectivity index (χ0v) is 32.6. The summed E-state index contributed by atoms with van der Waals surface area (Å²) in [5, 5.41) is 3.47. The van der Waals surface area contributed by atoms with Crippen LogP contribution in [0.4, 0.5) is 30.2 Å². The molecule has 0 N–H and O–H groups in total. The van der Waals surface area contributed by atoms with E-state index in [1.165, 1.54) is 23.5 Å². The maximum atomic E-state index is 13.9. The lowest BCUT2D eigenvalue weighted by atomic mass is 9.99. The first kappa shape index (κ1) is 36.5. The number of rotatable bonds is 8. The van der Waals surface area contributed by atoms with Crippen LogP contribution in [-0.2, 0) is 10.1 Å². The molecular weight excluding hydrogens is 786 g/mol. The molecule has 0 radical (unpaired) electrons. The average molecular weight is 817 g/mol. The molecule has 59 heavy (non-hydrogen) atoms. The van der Waals surface area contributed by atoms with E-state index in [9.17, 15) is 21.6 Å². The van der Waals surface area contributed by atoms with Crippen molar-refractivity contribution in [2.75, 3.05) is 4.90 Å². The standard InChI is InChI=1S/C49H31F3N2O3S2/c50-49(51,52)59(55,56)57-38-30-43-42-29-34(39-20-12-21-41-40-19-10-11-22-44(40)54(47(39)41)36-17-8-3-9-18-36)25-28-46(42)58-48(43)45(31-38)53(35-15-6-2-7-16-35)37-26-23-33(24-27-37)32-13-4-1-5-14-32/h1-31H. The number of anilines is 3. The molecule has 2 aromatic heterocycles. The molecule has 0 aliphatic rings. The van der Waals surface area contributed by atoms with Gasteiger partial charge in [0.05, 0.1) is 21.4 Å². The minimum atomic E-state index is -6.00. The number of para-hydroxylation sites is 4. The Morgan fingerprint density at radius 1 is 0.542 bits per heavy atom. The summed E-state index contributed by atoms with van der Waals surface area (Å²) in [5.41, 5.74) is 3.18. The second-order valence-corrected chi connectivity index (χ2v) is 16.7. The smallest absolute Gasteiger partial charge is 0.376 e. The summed E-state index contributed by atoms with van der Waals surface area (Å²) in [6.07, 6.45) is 0. The van der Waals surface area contributed by atoms with Crippen LogP contribution >= 0.6 is 11.3 Å². The lowest BCUT2D eigenvalue weighted by Crippen LogP contribution is -2.28. The molecule has 2 heterocycles. The Bertz CT molecular complexity index is 3290. The number of hydrogen-bond acceptors (Lipinski definition) is 5. The van der Waals surface area contributed by atoms with Crippen molar-refractivity contribution in [3.05, 3.63) is 188 Å². The van der Waals surface area contributed by atoms with E-state index in [-0.39, 0.29) is 0 Å². The van der Waals surface area contributed by atoms with E-state index in [1.54, 1.807) is 0 Å². The highest BCUT2D eigenvalue weighted by atomic mass is 32.2. The Balaban J connectivity index is 1.22. The van der Waals surface area contributed by atoms with Gasteiger partial charge in [0, 0.05) is 54.9 Å². The highest BCUT2D eigenvalue weighted by Gasteiger charge is 2.48. The minimum Gasteiger partial charge on any atom is -0.376 e. The Morgan fingerprint density at radius 3 is 1.88 bits per heavy atom. The first-order valence-electron chi connectivity index (χ1n) is 18.7. The summed E-state index contributed by atoms with van der Waals surface area (Å²) in [7, 11) is -6.00. The van der Waals surface area contributed by atoms with Crippen molar-refractivity contribution in [1.29, 1.82) is 0 Å². The summed E-state index contributed by atoms with van der Waals surface area (Å²) in [4.78, 5) is 1.92. The molecule has 0 atom stereocenters. The van der Waals surface area contributed by atoms with Crippen LogP contribution in [0.25, 0.3) is 69.9 Å². The fourth-order valence-corrected chi connectivity index (χ4v) is 9.54. The van der Waals surface area contributed by atoms with E-state index in [1.807, 2.05) is 138 Å². The van der Waals surface area contributed by atoms with Crippen LogP contribution in [0.3, 0.4) is 0 Å². The zero-order chi connectivity index (χ0) is 40.3. The maximum Gasteiger partial charge on any atom is 0.534 e. The Morgan fingerprint density at radius 2 is 1.15 bits per heavy atom. The Hall–Kier alpha value is -6.88. The van der Waals surface area contributed by atoms with Crippen molar-refractivity contribution in [1.82, 2.24) is 4.57 Å². The van der Waals surface area contributed by atoms with Gasteiger partial charge in [0.1, 0.15) is 5.75 Å². The number of hydrogen-bond donors (Lipinski definition) is 0. The highest BCUT2D eigenvalue weighted by molar-refractivity contribution is 7.88. The molecule has 10 rings (SSSR count). The Kier molecular flexibility index (Phi) is 8.77. The van der Waals surface area contributed by atoms with E-state index in [4.69, 9.17) is 4.18 Å². The molecular formula is C49H31F3N2O3S2. The van der Waals surface area contributed by atoms with Gasteiger partial charge in [0.25, 0.3) is 0 Å². The predicted molar refractivity (Wildman–Crippen MR) is 235 cm³/mol. The molecule has 8 aromatic carbocycles. The van der Waals surface area contributed by atoms with E-state index in [0.29, 0.717) is 16.8 Å². The summed E-state index contributed by atoms with van der Waals surface area (Å²) >= 11 is 1.48. The number of alkyl halides is 3. The molecule has 10 aromatic rings. The predicted octanol–water partition coefficient (Wildman–Crippen LogP) is 14.2. The van der Waals surface area contributed by atoms with Crippen molar-refractivity contribution in [3.63, 3.8) is 0 Å². The van der Waals surface area contributed by atoms with Crippen LogP contribution < -0.4 is 9.08 Å². The van der Waals surface area contributed by atoms with E-state index >= 15 is 0 Å². The average Bonchev–Trinajstić information content (AvgIpc) is 3.80. The van der Waals surface area contributed by atoms with Gasteiger partial charge < -0.3 is 13.7 Å². The van der Waals surface area contributed by atoms with Gasteiger partial charge >= 0.3 is 15.6 Å². The molecule has 0 unspecified atom stereocenters. The molecule has 0 saturated heterocycles. The molecule has 0 amide bonds. The largest absolute Gasteiger partial charge is 0.534 e. The number of thiophene rings is 1. The summed E-state index contributed by atoms with van der Waals surface area (Å²) < 4.78 is 75.5. The SMILES string of the molecule is O=S(=O)(Oc1cc(N(c2ccccc2)c2ccc(-c3ccccc3)cc2)c2sc3ccc(-c4cccc5c6ccccc6n(-c6ccccc6)c45)cc3c2c1)C(F)(F)F. The summed E-state index contributed by atoms with van der Waals surface area (Å²) in [6.45, 7) is 0. The quantitative estimate of drug-likeness (QED) is 0.113. The van der Waals surface area contributed by atoms with Crippen molar-refractivity contribution >= 4 is 80.5 Å². The Labute approximate surface area is 341 Å². The molecule has 0 bridgehead atoms. The molecule has 0 aliphatic heterocycles. The minimum absolute atomic E-state index is 0.455. The third-order valence-corrected chi connectivity index (χ3v) is 12.7. The van der Waals surface area contributed by atoms with Crippen molar-refractivity contribution in [2.45, 2.75) is 5.51 Å². The molecule has 0 fully saturated rings. The topological polar surface area (TPSA) is 51.5 Å². The molecule has 10 heteroatoms. The fourth-order valence-electron chi connectivity index (χ4n) is 7.92. The monoisotopic (exact) mass is 816 g/mol. The molecule has 0 saturated carbocycles. The number of nitrogens with zero attached hydrogens (tertiary/aromatic N) is 2. The van der Waals surface area contributed by atoms with Crippen molar-refractivity contribution in [2.24, 2.45) is 0 Å². The fraction of sp³-hybridized carbons (Fsp3) is 0.0204. The summed E-state index contributed by atoms with van der Waals surface area (Å²) in [5.74, 6) is -0.455. The van der Waals surface area contributed by atoms with Gasteiger partial charge in [-0.05, 0) is 77.4 Å². The second-order valence-electron chi connectivity index (χ2n) is 14.1. The van der Waals surface area contributed by atoms with E-state index < -0.39 is 21.4 Å². The maximum absolute atomic E-state index is 13.9. The van der Waals surface area contributed by atoms with Crippen molar-refractivity contribution in [3.8, 4) is 33.7 Å². The summed E-state index contributed by atoms with van der Waals surface area (Å²) in [6, 6.07) is 60.7. The first-order chi connectivity index (χ1) is 28.6. The number of fused-ring (bicyclic) bond motifs is 6. The normalized spacial score (nSPS) is 12.1. The highest BCUT2D eigenvalue weighted by Crippen LogP contribution is 2.49. The van der Waals surface area contributed by atoms with Crippen LogP contribution in [-0.4, -0.2) is 18.5 Å². The van der Waals surface area contributed by atoms with Gasteiger partial charge in [-0.15, -0.1) is 11.3 Å². The lowest BCUT2D eigenvalue weighted by molar-refractivity contribution is -0.0500. The first-order valence-corrected chi connectivity index (χ1v) is 21.0. The van der Waals surface area contributed by atoms with Gasteiger partial charge in [-0.2, -0.15) is 21.6 Å². The number of halogens is 3. The van der Waals surface area contributed by atoms with Crippen LogP contribution in [0, 0.1) is 0 Å². The van der Waals surface area contributed by atoms with Crippen LogP contribution in [0.1, 0.15) is 0 Å². The van der Waals surface area contributed by atoms with E-state index in [0.717, 1.165) is 70.2 Å². The number of benzene rings is 8. The molecule has 0 spiro atoms. The van der Waals surface area contributed by atoms with Gasteiger partial charge in [0.15, 0.2) is 0 Å². The second kappa shape index (κ2) is 14.2. The zero-order valence-electron chi connectivity index (χ0n) is 31.0. The van der Waals surface area contributed by atoms with E-state index in [2.05, 4.69) is 47.0 Å². The van der Waals surface area contributed by atoms with Crippen molar-refractivity contribution < 1.29 is 25.8 Å². The number of aromatic nitrogens is 1. The van der Waals surface area contributed by atoms with Gasteiger partial charge in [-0.25, -0.2) is 0 Å². The molecule has 288 valence electrons. The van der Waals surface area contributed by atoms with Crippen LogP contribution in [0.2, 0.25) is 0 Å². The third-order valence-electron chi connectivity index (χ3n) is 10.5. The van der Waals surface area contributed by atoms with Gasteiger partial charge in [-0.3, -0.25) is 0 Å². The lowest BCUT2D eigenvalue weighted by Gasteiger charge is -2.26. The third kappa shape index (κ3) is 6.37.